The molecule has 0 unspecified atom stereocenters. The molecular weight excluding hydrogens is 394 g/mol. The van der Waals surface area contributed by atoms with Crippen LogP contribution in [0.1, 0.15) is 16.8 Å². The van der Waals surface area contributed by atoms with Crippen LogP contribution in [-0.2, 0) is 0 Å². The van der Waals surface area contributed by atoms with Crippen molar-refractivity contribution in [1.82, 2.24) is 0 Å². The van der Waals surface area contributed by atoms with Crippen LogP contribution >= 0.6 is 45.2 Å². The van der Waals surface area contributed by atoms with Crippen molar-refractivity contribution >= 4 is 51.0 Å². The van der Waals surface area contributed by atoms with E-state index in [0.717, 1.165) is 18.5 Å². The number of fused-ring (bicyclic) bond motifs is 1. The van der Waals surface area contributed by atoms with Gasteiger partial charge >= 0.3 is 0 Å². The second-order valence-electron chi connectivity index (χ2n) is 2.76. The Balaban J connectivity index is 2.65. The van der Waals surface area contributed by atoms with Crippen LogP contribution in [0, 0.1) is 7.14 Å². The highest BCUT2D eigenvalue weighted by molar-refractivity contribution is 14.1. The van der Waals surface area contributed by atoms with E-state index in [2.05, 4.69) is 45.2 Å². The summed E-state index contributed by atoms with van der Waals surface area (Å²) in [5.41, 5.74) is 0.763. The van der Waals surface area contributed by atoms with Gasteiger partial charge in [-0.3, -0.25) is 4.79 Å². The van der Waals surface area contributed by atoms with Crippen LogP contribution in [0.15, 0.2) is 12.1 Å². The second-order valence-corrected chi connectivity index (χ2v) is 5.00. The summed E-state index contributed by atoms with van der Waals surface area (Å²) >= 11 is 4.42. The number of rotatable bonds is 0. The quantitative estimate of drug-likeness (QED) is 0.627. The first-order valence-corrected chi connectivity index (χ1v) is 6.00. The number of benzene rings is 1. The van der Waals surface area contributed by atoms with Gasteiger partial charge in [-0.25, -0.2) is 0 Å². The highest BCUT2D eigenvalue weighted by atomic mass is 127. The molecule has 1 aromatic rings. The average Bonchev–Trinajstić information content (AvgIpc) is 2.12. The molecule has 0 saturated heterocycles. The normalized spacial score (nSPS) is 15.1. The van der Waals surface area contributed by atoms with Gasteiger partial charge < -0.3 is 4.74 Å². The van der Waals surface area contributed by atoms with Crippen molar-refractivity contribution in [3.8, 4) is 5.75 Å². The fourth-order valence-corrected chi connectivity index (χ4v) is 2.49. The molecule has 0 atom stereocenters. The van der Waals surface area contributed by atoms with Crippen LogP contribution in [0.3, 0.4) is 0 Å². The molecule has 13 heavy (non-hydrogen) atoms. The van der Waals surface area contributed by atoms with Gasteiger partial charge in [0.15, 0.2) is 5.78 Å². The Hall–Kier alpha value is 0.150. The van der Waals surface area contributed by atoms with Crippen molar-refractivity contribution in [3.63, 3.8) is 0 Å². The predicted octanol–water partition coefficient (Wildman–Crippen LogP) is 2.86. The van der Waals surface area contributed by atoms with Crippen molar-refractivity contribution in [2.45, 2.75) is 6.42 Å². The molecule has 0 bridgehead atoms. The number of carbonyl (C=O) groups excluding carboxylic acids is 1. The standard InChI is InChI=1S/C9H6I2O2/c10-5-1-2-7-8(9(5)11)6(12)3-4-13-7/h1-2H,3-4H2. The maximum absolute atomic E-state index is 11.6. The summed E-state index contributed by atoms with van der Waals surface area (Å²) in [6.07, 6.45) is 0.503. The number of hydrogen-bond acceptors (Lipinski definition) is 2. The van der Waals surface area contributed by atoms with Crippen LogP contribution in [0.4, 0.5) is 0 Å². The van der Waals surface area contributed by atoms with Crippen LogP contribution in [-0.4, -0.2) is 12.4 Å². The third-order valence-corrected chi connectivity index (χ3v) is 4.97. The fourth-order valence-electron chi connectivity index (χ4n) is 1.29. The van der Waals surface area contributed by atoms with Crippen LogP contribution < -0.4 is 4.74 Å². The third-order valence-electron chi connectivity index (χ3n) is 1.92. The van der Waals surface area contributed by atoms with E-state index in [1.54, 1.807) is 0 Å². The van der Waals surface area contributed by atoms with Crippen molar-refractivity contribution < 1.29 is 9.53 Å². The molecule has 0 fully saturated rings. The molecule has 0 radical (unpaired) electrons. The first kappa shape index (κ1) is 9.70. The Morgan fingerprint density at radius 2 is 2.08 bits per heavy atom. The van der Waals surface area contributed by atoms with Crippen molar-refractivity contribution in [3.05, 3.63) is 24.8 Å². The Kier molecular flexibility index (Phi) is 2.77. The van der Waals surface area contributed by atoms with Crippen LogP contribution in [0.2, 0.25) is 0 Å². The minimum absolute atomic E-state index is 0.198. The lowest BCUT2D eigenvalue weighted by Crippen LogP contribution is -2.17. The van der Waals surface area contributed by atoms with Gasteiger partial charge in [0.25, 0.3) is 0 Å². The molecule has 0 N–H and O–H groups in total. The summed E-state index contributed by atoms with van der Waals surface area (Å²) in [5.74, 6) is 0.935. The van der Waals surface area contributed by atoms with Gasteiger partial charge in [0.05, 0.1) is 12.2 Å². The molecule has 1 heterocycles. The maximum atomic E-state index is 11.6. The monoisotopic (exact) mass is 400 g/mol. The molecule has 0 aromatic heterocycles. The Bertz CT molecular complexity index is 374. The molecule has 0 amide bonds. The molecule has 1 aromatic carbocycles. The zero-order valence-corrected chi connectivity index (χ0v) is 11.0. The summed E-state index contributed by atoms with van der Waals surface area (Å²) in [6.45, 7) is 0.516. The van der Waals surface area contributed by atoms with Crippen molar-refractivity contribution in [2.24, 2.45) is 0 Å². The molecule has 4 heteroatoms. The molecule has 0 spiro atoms. The van der Waals surface area contributed by atoms with Gasteiger partial charge in [-0.05, 0) is 57.3 Å². The largest absolute Gasteiger partial charge is 0.492 e. The number of hydrogen-bond donors (Lipinski definition) is 0. The number of ether oxygens (including phenoxy) is 1. The Morgan fingerprint density at radius 1 is 1.31 bits per heavy atom. The zero-order chi connectivity index (χ0) is 9.42. The van der Waals surface area contributed by atoms with E-state index in [0.29, 0.717) is 13.0 Å². The molecular formula is C9H6I2O2. The van der Waals surface area contributed by atoms with Gasteiger partial charge in [-0.1, -0.05) is 0 Å². The molecule has 1 aliphatic heterocycles. The second kappa shape index (κ2) is 3.72. The molecule has 2 rings (SSSR count). The first-order chi connectivity index (χ1) is 6.20. The predicted molar refractivity (Wildman–Crippen MR) is 66.3 cm³/mol. The summed E-state index contributed by atoms with van der Waals surface area (Å²) in [6, 6.07) is 3.84. The van der Waals surface area contributed by atoms with E-state index in [4.69, 9.17) is 4.74 Å². The SMILES string of the molecule is O=C1CCOc2ccc(I)c(I)c21. The average molecular weight is 400 g/mol. The van der Waals surface area contributed by atoms with E-state index < -0.39 is 0 Å². The van der Waals surface area contributed by atoms with Gasteiger partial charge in [0.1, 0.15) is 5.75 Å². The minimum atomic E-state index is 0.198. The number of ketones is 1. The molecule has 1 aliphatic rings. The van der Waals surface area contributed by atoms with Crippen molar-refractivity contribution in [1.29, 1.82) is 0 Å². The highest BCUT2D eigenvalue weighted by Crippen LogP contribution is 2.31. The number of halogens is 2. The Morgan fingerprint density at radius 3 is 2.85 bits per heavy atom. The van der Waals surface area contributed by atoms with Gasteiger partial charge in [-0.2, -0.15) is 0 Å². The minimum Gasteiger partial charge on any atom is -0.492 e. The van der Waals surface area contributed by atoms with Gasteiger partial charge in [0.2, 0.25) is 0 Å². The zero-order valence-electron chi connectivity index (χ0n) is 6.64. The van der Waals surface area contributed by atoms with Gasteiger partial charge in [0, 0.05) is 13.6 Å². The summed E-state index contributed by atoms with van der Waals surface area (Å²) < 4.78 is 7.52. The lowest BCUT2D eigenvalue weighted by atomic mass is 10.1. The summed E-state index contributed by atoms with van der Waals surface area (Å²) in [5, 5.41) is 0. The first-order valence-electron chi connectivity index (χ1n) is 3.84. The fraction of sp³-hybridized carbons (Fsp3) is 0.222. The van der Waals surface area contributed by atoms with Crippen molar-refractivity contribution in [2.75, 3.05) is 6.61 Å². The number of carbonyl (C=O) groups is 1. The Labute approximate surface area is 103 Å². The third kappa shape index (κ3) is 1.70. The highest BCUT2D eigenvalue weighted by Gasteiger charge is 2.22. The molecule has 68 valence electrons. The molecule has 0 saturated carbocycles. The van der Waals surface area contributed by atoms with E-state index in [1.165, 1.54) is 0 Å². The summed E-state index contributed by atoms with van der Waals surface area (Å²) in [7, 11) is 0. The topological polar surface area (TPSA) is 26.3 Å². The summed E-state index contributed by atoms with van der Waals surface area (Å²) in [4.78, 5) is 11.6. The smallest absolute Gasteiger partial charge is 0.171 e. The number of Topliss-reactive ketones (excluding diaryl/α,β-unsaturated/α-hetero) is 1. The van der Waals surface area contributed by atoms with E-state index in [-0.39, 0.29) is 5.78 Å². The lowest BCUT2D eigenvalue weighted by molar-refractivity contribution is 0.0932. The van der Waals surface area contributed by atoms with Crippen LogP contribution in [0.5, 0.6) is 5.75 Å². The lowest BCUT2D eigenvalue weighted by Gasteiger charge is -2.17. The van der Waals surface area contributed by atoms with Crippen LogP contribution in [0.25, 0.3) is 0 Å². The molecule has 2 nitrogen and oxygen atoms in total. The maximum Gasteiger partial charge on any atom is 0.171 e. The van der Waals surface area contributed by atoms with E-state index in [1.807, 2.05) is 12.1 Å². The van der Waals surface area contributed by atoms with E-state index in [9.17, 15) is 4.79 Å². The van der Waals surface area contributed by atoms with E-state index >= 15 is 0 Å². The molecule has 0 aliphatic carbocycles. The van der Waals surface area contributed by atoms with Gasteiger partial charge in [-0.15, -0.1) is 0 Å².